The molecule has 4 aromatic rings. The first-order valence-electron chi connectivity index (χ1n) is 15.1. The van der Waals surface area contributed by atoms with Crippen LogP contribution in [0.5, 0.6) is 0 Å². The molecular weight excluding hydrogens is 564 g/mol. The van der Waals surface area contributed by atoms with Crippen molar-refractivity contribution in [3.05, 3.63) is 132 Å². The van der Waals surface area contributed by atoms with Crippen LogP contribution in [-0.2, 0) is 4.79 Å². The zero-order chi connectivity index (χ0) is 31.7. The molecule has 228 valence electrons. The van der Waals surface area contributed by atoms with Gasteiger partial charge in [0, 0.05) is 6.54 Å². The average molecular weight is 601 g/mol. The summed E-state index contributed by atoms with van der Waals surface area (Å²) in [6.07, 6.45) is 0.736. The lowest BCUT2D eigenvalue weighted by molar-refractivity contribution is -0.147. The molecule has 2 aliphatic heterocycles. The van der Waals surface area contributed by atoms with Gasteiger partial charge in [-0.05, 0) is 74.2 Å². The maximum atomic E-state index is 14.7. The molecule has 0 aromatic heterocycles. The second kappa shape index (κ2) is 12.3. The molecule has 0 saturated carbocycles. The van der Waals surface area contributed by atoms with Crippen LogP contribution in [0.1, 0.15) is 24.0 Å². The largest absolute Gasteiger partial charge is 0.480 e. The Hall–Kier alpha value is -5.37. The first-order chi connectivity index (χ1) is 21.8. The van der Waals surface area contributed by atoms with E-state index in [-0.39, 0.29) is 19.0 Å². The number of piperidine rings is 1. The number of amides is 4. The van der Waals surface area contributed by atoms with Crippen molar-refractivity contribution in [1.29, 1.82) is 0 Å². The van der Waals surface area contributed by atoms with Crippen LogP contribution in [0.2, 0.25) is 0 Å². The van der Waals surface area contributed by atoms with Crippen LogP contribution in [0.3, 0.4) is 0 Å². The van der Waals surface area contributed by atoms with Gasteiger partial charge in [-0.3, -0.25) is 9.80 Å². The number of carbonyl (C=O) groups excluding carboxylic acids is 2. The first-order valence-corrected chi connectivity index (χ1v) is 15.1. The molecule has 2 heterocycles. The molecule has 2 aliphatic rings. The number of carboxylic acid groups (broad SMARTS) is 1. The van der Waals surface area contributed by atoms with Crippen LogP contribution in [-0.4, -0.2) is 57.6 Å². The quantitative estimate of drug-likeness (QED) is 0.238. The Morgan fingerprint density at radius 2 is 1.18 bits per heavy atom. The van der Waals surface area contributed by atoms with Crippen molar-refractivity contribution < 1.29 is 19.5 Å². The number of benzene rings is 4. The zero-order valence-corrected chi connectivity index (χ0v) is 25.4. The number of rotatable bonds is 5. The van der Waals surface area contributed by atoms with Crippen LogP contribution >= 0.6 is 0 Å². The number of likely N-dealkylation sites (tertiary alicyclic amines) is 1. The van der Waals surface area contributed by atoms with Gasteiger partial charge in [-0.1, -0.05) is 84.9 Å². The second-order valence-electron chi connectivity index (χ2n) is 11.7. The van der Waals surface area contributed by atoms with Crippen molar-refractivity contribution in [1.82, 2.24) is 9.80 Å². The van der Waals surface area contributed by atoms with Crippen molar-refractivity contribution in [3.8, 4) is 0 Å². The minimum absolute atomic E-state index is 0.0444. The van der Waals surface area contributed by atoms with E-state index in [1.165, 1.54) is 4.90 Å². The monoisotopic (exact) mass is 600 g/mol. The minimum Gasteiger partial charge on any atom is -0.480 e. The molecule has 2 saturated heterocycles. The highest BCUT2D eigenvalue weighted by Gasteiger charge is 2.53. The summed E-state index contributed by atoms with van der Waals surface area (Å²) < 4.78 is 0. The molecule has 3 atom stereocenters. The van der Waals surface area contributed by atoms with Crippen LogP contribution in [0.4, 0.5) is 32.3 Å². The number of nitrogens with zero attached hydrogens (tertiary/aromatic N) is 4. The molecule has 4 aromatic carbocycles. The summed E-state index contributed by atoms with van der Waals surface area (Å²) in [5.41, 5.74) is 5.31. The molecule has 8 nitrogen and oxygen atoms in total. The Labute approximate surface area is 263 Å². The van der Waals surface area contributed by atoms with E-state index in [1.807, 2.05) is 123 Å². The number of aryl methyl sites for hydroxylation is 2. The molecule has 0 unspecified atom stereocenters. The Morgan fingerprint density at radius 3 is 1.67 bits per heavy atom. The highest BCUT2D eigenvalue weighted by atomic mass is 16.4. The summed E-state index contributed by atoms with van der Waals surface area (Å²) >= 11 is 0. The molecule has 2 fully saturated rings. The van der Waals surface area contributed by atoms with Crippen LogP contribution in [0, 0.1) is 13.8 Å². The van der Waals surface area contributed by atoms with Gasteiger partial charge in [0.25, 0.3) is 0 Å². The molecule has 4 amide bonds. The highest BCUT2D eigenvalue weighted by Crippen LogP contribution is 2.40. The predicted octanol–water partition coefficient (Wildman–Crippen LogP) is 7.68. The Kier molecular flexibility index (Phi) is 8.13. The summed E-state index contributed by atoms with van der Waals surface area (Å²) in [7, 11) is 0. The third-order valence-corrected chi connectivity index (χ3v) is 8.72. The Bertz CT molecular complexity index is 1660. The van der Waals surface area contributed by atoms with Gasteiger partial charge < -0.3 is 14.9 Å². The minimum atomic E-state index is -1.29. The number of anilines is 4. The summed E-state index contributed by atoms with van der Waals surface area (Å²) in [5, 5.41) is 10.8. The van der Waals surface area contributed by atoms with E-state index in [0.717, 1.165) is 16.7 Å². The number of urea groups is 2. The number of fused-ring (bicyclic) bond motifs is 2. The molecule has 1 N–H and O–H groups in total. The summed E-state index contributed by atoms with van der Waals surface area (Å²) in [6.45, 7) is 8.12. The molecule has 0 aliphatic carbocycles. The van der Waals surface area contributed by atoms with E-state index in [2.05, 4.69) is 6.58 Å². The molecule has 8 heteroatoms. The van der Waals surface area contributed by atoms with Gasteiger partial charge in [0.15, 0.2) is 6.04 Å². The van der Waals surface area contributed by atoms with Crippen molar-refractivity contribution in [2.45, 2.75) is 44.8 Å². The molecule has 45 heavy (non-hydrogen) atoms. The average Bonchev–Trinajstić information content (AvgIpc) is 3.03. The maximum Gasteiger partial charge on any atom is 0.330 e. The van der Waals surface area contributed by atoms with Crippen LogP contribution < -0.4 is 9.80 Å². The lowest BCUT2D eigenvalue weighted by atomic mass is 9.83. The van der Waals surface area contributed by atoms with Gasteiger partial charge in [0.05, 0.1) is 34.8 Å². The Balaban J connectivity index is 1.43. The van der Waals surface area contributed by atoms with Gasteiger partial charge >= 0.3 is 18.0 Å². The third-order valence-electron chi connectivity index (χ3n) is 8.72. The standard InChI is InChI=1S/C37H36N4O4/c1-25-22-30-24-38(36(44)41(31-20-12-10-14-26(31)2)32-21-13-11-15-27(32)3)34(35(42)43)33(23-25)40(30)37(45)39(28-16-6-4-7-17-28)29-18-8-5-9-19-29/h4-21,30,33-34H,1,22-24H2,2-3H3,(H,42,43)/t30-,33+,34-/m0/s1. The number of carboxylic acids is 1. The summed E-state index contributed by atoms with van der Waals surface area (Å²) in [6, 6.07) is 30.5. The van der Waals surface area contributed by atoms with E-state index in [1.54, 1.807) is 14.7 Å². The van der Waals surface area contributed by atoms with Crippen molar-refractivity contribution in [2.24, 2.45) is 0 Å². The van der Waals surface area contributed by atoms with Crippen molar-refractivity contribution >= 4 is 40.8 Å². The number of hydrogen-bond donors (Lipinski definition) is 1. The fourth-order valence-corrected chi connectivity index (χ4v) is 6.67. The maximum absolute atomic E-state index is 14.7. The van der Waals surface area contributed by atoms with Crippen molar-refractivity contribution in [2.75, 3.05) is 16.3 Å². The second-order valence-corrected chi connectivity index (χ2v) is 11.7. The molecule has 6 rings (SSSR count). The van der Waals surface area contributed by atoms with Crippen LogP contribution in [0.15, 0.2) is 121 Å². The normalized spacial score (nSPS) is 19.2. The summed E-state index contributed by atoms with van der Waals surface area (Å²) in [5.74, 6) is -1.17. The predicted molar refractivity (Wildman–Crippen MR) is 176 cm³/mol. The number of hydrogen-bond acceptors (Lipinski definition) is 3. The van der Waals surface area contributed by atoms with Gasteiger partial charge in [0.2, 0.25) is 0 Å². The zero-order valence-electron chi connectivity index (χ0n) is 25.4. The third kappa shape index (κ3) is 5.55. The lowest BCUT2D eigenvalue weighted by Crippen LogP contribution is -2.72. The van der Waals surface area contributed by atoms with Gasteiger partial charge in [-0.2, -0.15) is 0 Å². The molecular formula is C37H36N4O4. The smallest absolute Gasteiger partial charge is 0.330 e. The fourth-order valence-electron chi connectivity index (χ4n) is 6.67. The van der Waals surface area contributed by atoms with E-state index in [9.17, 15) is 19.5 Å². The lowest BCUT2D eigenvalue weighted by Gasteiger charge is -2.54. The van der Waals surface area contributed by atoms with E-state index in [4.69, 9.17) is 0 Å². The van der Waals surface area contributed by atoms with E-state index in [0.29, 0.717) is 29.2 Å². The van der Waals surface area contributed by atoms with Gasteiger partial charge in [-0.25, -0.2) is 14.4 Å². The van der Waals surface area contributed by atoms with Gasteiger partial charge in [0.1, 0.15) is 0 Å². The Morgan fingerprint density at radius 1 is 0.689 bits per heavy atom. The number of carbonyl (C=O) groups is 3. The summed E-state index contributed by atoms with van der Waals surface area (Å²) in [4.78, 5) is 48.9. The van der Waals surface area contributed by atoms with E-state index >= 15 is 0 Å². The molecule has 0 radical (unpaired) electrons. The first kappa shape index (κ1) is 29.7. The van der Waals surface area contributed by atoms with Crippen LogP contribution in [0.25, 0.3) is 0 Å². The number of aliphatic carboxylic acids is 1. The molecule has 0 spiro atoms. The highest BCUT2D eigenvalue weighted by molar-refractivity contribution is 6.04. The SMILES string of the molecule is C=C1C[C@H]2CN(C(=O)N(c3ccccc3C)c3ccccc3C)[C@H](C(=O)O)[C@@H](C1)N2C(=O)N(c1ccccc1)c1ccccc1. The number of piperazine rings is 1. The molecule has 2 bridgehead atoms. The van der Waals surface area contributed by atoms with Gasteiger partial charge in [-0.15, -0.1) is 0 Å². The van der Waals surface area contributed by atoms with Crippen molar-refractivity contribution in [3.63, 3.8) is 0 Å². The topological polar surface area (TPSA) is 84.4 Å². The number of para-hydroxylation sites is 4. The van der Waals surface area contributed by atoms with E-state index < -0.39 is 30.1 Å². The fraction of sp³-hybridized carbons (Fsp3) is 0.216.